The zero-order chi connectivity index (χ0) is 14.4. The Balaban J connectivity index is 1.47. The van der Waals surface area contributed by atoms with Crippen LogP contribution in [0.3, 0.4) is 0 Å². The van der Waals surface area contributed by atoms with E-state index in [0.29, 0.717) is 6.42 Å². The fraction of sp³-hybridized carbons (Fsp3) is 0.588. The number of benzene rings is 1. The Hall–Kier alpha value is -1.71. The van der Waals surface area contributed by atoms with E-state index in [0.717, 1.165) is 53.3 Å². The zero-order valence-corrected chi connectivity index (χ0v) is 12.3. The molecular formula is C17H23N3O. The third kappa shape index (κ3) is 2.37. The van der Waals surface area contributed by atoms with Crippen molar-refractivity contribution >= 4 is 23.0 Å². The minimum absolute atomic E-state index is 0.103. The van der Waals surface area contributed by atoms with Gasteiger partial charge in [-0.25, -0.2) is 0 Å². The number of fused-ring (bicyclic) bond motifs is 3. The molecule has 4 N–H and O–H groups in total. The highest BCUT2D eigenvalue weighted by molar-refractivity contribution is 5.95. The maximum atomic E-state index is 11.5. The number of rotatable bonds is 3. The Bertz CT molecular complexity index is 584. The van der Waals surface area contributed by atoms with Crippen LogP contribution in [0.25, 0.3) is 0 Å². The van der Waals surface area contributed by atoms with Gasteiger partial charge < -0.3 is 16.4 Å². The van der Waals surface area contributed by atoms with E-state index in [1.165, 1.54) is 25.7 Å². The average molecular weight is 285 g/mol. The lowest BCUT2D eigenvalue weighted by atomic mass is 9.89. The minimum Gasteiger partial charge on any atom is -0.397 e. The van der Waals surface area contributed by atoms with Crippen LogP contribution in [0.2, 0.25) is 0 Å². The van der Waals surface area contributed by atoms with Crippen LogP contribution in [0.15, 0.2) is 12.1 Å². The largest absolute Gasteiger partial charge is 0.397 e. The molecule has 2 aliphatic carbocycles. The summed E-state index contributed by atoms with van der Waals surface area (Å²) in [6.45, 7) is 1.01. The van der Waals surface area contributed by atoms with Crippen LogP contribution in [-0.2, 0) is 11.2 Å². The normalized spacial score (nSPS) is 30.1. The molecule has 2 fully saturated rings. The summed E-state index contributed by atoms with van der Waals surface area (Å²) < 4.78 is 0. The van der Waals surface area contributed by atoms with E-state index in [2.05, 4.69) is 10.6 Å². The van der Waals surface area contributed by atoms with Gasteiger partial charge in [0.2, 0.25) is 5.91 Å². The SMILES string of the molecule is Nc1cc2c(cc1NCC1CC3CCC1C3)NC(=O)CC2. The van der Waals surface area contributed by atoms with Gasteiger partial charge in [0.25, 0.3) is 0 Å². The highest BCUT2D eigenvalue weighted by Crippen LogP contribution is 2.48. The van der Waals surface area contributed by atoms with Crippen LogP contribution >= 0.6 is 0 Å². The maximum Gasteiger partial charge on any atom is 0.224 e. The highest BCUT2D eigenvalue weighted by Gasteiger charge is 2.39. The van der Waals surface area contributed by atoms with Gasteiger partial charge in [0.15, 0.2) is 0 Å². The Morgan fingerprint density at radius 3 is 2.90 bits per heavy atom. The van der Waals surface area contributed by atoms with Crippen molar-refractivity contribution in [2.45, 2.75) is 38.5 Å². The smallest absolute Gasteiger partial charge is 0.224 e. The number of carbonyl (C=O) groups is 1. The van der Waals surface area contributed by atoms with Crippen LogP contribution in [0.1, 0.15) is 37.7 Å². The first-order chi connectivity index (χ1) is 10.2. The molecular weight excluding hydrogens is 262 g/mol. The fourth-order valence-electron chi connectivity index (χ4n) is 4.47. The molecule has 1 aromatic rings. The molecule has 0 saturated heterocycles. The monoisotopic (exact) mass is 285 g/mol. The third-order valence-corrected chi connectivity index (χ3v) is 5.61. The average Bonchev–Trinajstić information content (AvgIpc) is 3.08. The van der Waals surface area contributed by atoms with Gasteiger partial charge in [0, 0.05) is 18.7 Å². The third-order valence-electron chi connectivity index (χ3n) is 5.61. The summed E-state index contributed by atoms with van der Waals surface area (Å²) in [5, 5.41) is 6.48. The van der Waals surface area contributed by atoms with Crippen molar-refractivity contribution in [3.63, 3.8) is 0 Å². The Labute approximate surface area is 125 Å². The number of hydrogen-bond acceptors (Lipinski definition) is 3. The van der Waals surface area contributed by atoms with Gasteiger partial charge in [0.05, 0.1) is 11.4 Å². The Morgan fingerprint density at radius 1 is 1.24 bits per heavy atom. The van der Waals surface area contributed by atoms with Gasteiger partial charge >= 0.3 is 0 Å². The number of aryl methyl sites for hydroxylation is 1. The molecule has 112 valence electrons. The Morgan fingerprint density at radius 2 is 2.14 bits per heavy atom. The number of hydrogen-bond donors (Lipinski definition) is 3. The van der Waals surface area contributed by atoms with Crippen LogP contribution in [-0.4, -0.2) is 12.5 Å². The van der Waals surface area contributed by atoms with Gasteiger partial charge in [-0.05, 0) is 61.1 Å². The second kappa shape index (κ2) is 4.93. The van der Waals surface area contributed by atoms with Gasteiger partial charge in [-0.1, -0.05) is 6.42 Å². The van der Waals surface area contributed by atoms with Crippen molar-refractivity contribution in [2.75, 3.05) is 22.9 Å². The molecule has 21 heavy (non-hydrogen) atoms. The number of carbonyl (C=O) groups excluding carboxylic acids is 1. The highest BCUT2D eigenvalue weighted by atomic mass is 16.1. The van der Waals surface area contributed by atoms with E-state index in [1.807, 2.05) is 12.1 Å². The van der Waals surface area contributed by atoms with Crippen LogP contribution in [0.5, 0.6) is 0 Å². The molecule has 1 aromatic carbocycles. The van der Waals surface area contributed by atoms with Gasteiger partial charge in [-0.2, -0.15) is 0 Å². The predicted molar refractivity (Wildman–Crippen MR) is 85.2 cm³/mol. The maximum absolute atomic E-state index is 11.5. The van der Waals surface area contributed by atoms with Crippen molar-refractivity contribution in [1.82, 2.24) is 0 Å². The fourth-order valence-corrected chi connectivity index (χ4v) is 4.47. The first kappa shape index (κ1) is 13.0. The van der Waals surface area contributed by atoms with Gasteiger partial charge in [-0.15, -0.1) is 0 Å². The second-order valence-electron chi connectivity index (χ2n) is 6.96. The van der Waals surface area contributed by atoms with E-state index in [4.69, 9.17) is 5.73 Å². The first-order valence-electron chi connectivity index (χ1n) is 8.15. The van der Waals surface area contributed by atoms with Crippen LogP contribution in [0, 0.1) is 17.8 Å². The molecule has 3 aliphatic rings. The molecule has 4 heteroatoms. The lowest BCUT2D eigenvalue weighted by Crippen LogP contribution is -2.22. The summed E-state index contributed by atoms with van der Waals surface area (Å²) in [7, 11) is 0. The summed E-state index contributed by atoms with van der Waals surface area (Å²) in [6, 6.07) is 4.02. The molecule has 3 unspecified atom stereocenters. The number of nitrogen functional groups attached to an aromatic ring is 1. The molecule has 4 rings (SSSR count). The lowest BCUT2D eigenvalue weighted by molar-refractivity contribution is -0.116. The van der Waals surface area contributed by atoms with E-state index in [9.17, 15) is 4.79 Å². The number of nitrogens with one attached hydrogen (secondary N) is 2. The molecule has 1 heterocycles. The minimum atomic E-state index is 0.103. The van der Waals surface area contributed by atoms with Gasteiger partial charge in [-0.3, -0.25) is 4.79 Å². The number of anilines is 3. The second-order valence-corrected chi connectivity index (χ2v) is 6.96. The zero-order valence-electron chi connectivity index (χ0n) is 12.3. The van der Waals surface area contributed by atoms with E-state index < -0.39 is 0 Å². The van der Waals surface area contributed by atoms with Crippen molar-refractivity contribution in [1.29, 1.82) is 0 Å². The molecule has 1 aliphatic heterocycles. The van der Waals surface area contributed by atoms with Gasteiger partial charge in [0.1, 0.15) is 0 Å². The van der Waals surface area contributed by atoms with Crippen molar-refractivity contribution in [2.24, 2.45) is 17.8 Å². The molecule has 0 spiro atoms. The summed E-state index contributed by atoms with van der Waals surface area (Å²) in [5.41, 5.74) is 10.0. The Kier molecular flexibility index (Phi) is 3.05. The summed E-state index contributed by atoms with van der Waals surface area (Å²) in [4.78, 5) is 11.5. The molecule has 1 amide bonds. The number of amides is 1. The quantitative estimate of drug-likeness (QED) is 0.748. The standard InChI is InChI=1S/C17H23N3O/c18-14-7-12-3-4-17(21)20-15(12)8-16(14)19-9-13-6-10-1-2-11(13)5-10/h7-8,10-11,13,19H,1-6,9,18H2,(H,20,21). The molecule has 0 aromatic heterocycles. The van der Waals surface area contributed by atoms with E-state index >= 15 is 0 Å². The predicted octanol–water partition coefficient (Wildman–Crippen LogP) is 3.00. The lowest BCUT2D eigenvalue weighted by Gasteiger charge is -2.24. The molecule has 2 bridgehead atoms. The van der Waals surface area contributed by atoms with Crippen LogP contribution in [0.4, 0.5) is 17.1 Å². The van der Waals surface area contributed by atoms with Crippen molar-refractivity contribution < 1.29 is 4.79 Å². The number of nitrogens with two attached hydrogens (primary N) is 1. The molecule has 0 radical (unpaired) electrons. The van der Waals surface area contributed by atoms with E-state index in [-0.39, 0.29) is 5.91 Å². The van der Waals surface area contributed by atoms with Crippen molar-refractivity contribution in [3.05, 3.63) is 17.7 Å². The molecule has 4 nitrogen and oxygen atoms in total. The van der Waals surface area contributed by atoms with E-state index in [1.54, 1.807) is 0 Å². The van der Waals surface area contributed by atoms with Crippen LogP contribution < -0.4 is 16.4 Å². The summed E-state index contributed by atoms with van der Waals surface area (Å²) in [6.07, 6.45) is 7.00. The topological polar surface area (TPSA) is 67.2 Å². The molecule has 3 atom stereocenters. The summed E-state index contributed by atoms with van der Waals surface area (Å²) in [5.74, 6) is 2.79. The van der Waals surface area contributed by atoms with Crippen molar-refractivity contribution in [3.8, 4) is 0 Å². The summed E-state index contributed by atoms with van der Waals surface area (Å²) >= 11 is 0. The first-order valence-corrected chi connectivity index (χ1v) is 8.15. The molecule has 2 saturated carbocycles.